The molecule has 0 fully saturated rings. The van der Waals surface area contributed by atoms with Crippen LogP contribution in [-0.4, -0.2) is 30.9 Å². The Labute approximate surface area is 133 Å². The van der Waals surface area contributed by atoms with Crippen LogP contribution in [-0.2, 0) is 7.05 Å². The Balaban J connectivity index is 1.78. The summed E-state index contributed by atoms with van der Waals surface area (Å²) in [5, 5.41) is 8.82. The number of ketones is 1. The van der Waals surface area contributed by atoms with Crippen molar-refractivity contribution in [2.45, 2.75) is 12.1 Å². The Kier molecular flexibility index (Phi) is 4.11. The van der Waals surface area contributed by atoms with E-state index in [1.165, 1.54) is 11.8 Å². The van der Waals surface area contributed by atoms with Gasteiger partial charge in [-0.3, -0.25) is 9.36 Å². The molecule has 2 aromatic heterocycles. The number of aromatic nitrogens is 4. The highest BCUT2D eigenvalue weighted by Gasteiger charge is 2.14. The summed E-state index contributed by atoms with van der Waals surface area (Å²) in [5.41, 5.74) is 2.87. The van der Waals surface area contributed by atoms with Crippen molar-refractivity contribution in [1.82, 2.24) is 19.3 Å². The number of rotatable bonds is 5. The molecule has 0 radical (unpaired) electrons. The molecule has 112 valence electrons. The monoisotopic (exact) mass is 312 g/mol. The van der Waals surface area contributed by atoms with Gasteiger partial charge in [-0.25, -0.2) is 0 Å². The van der Waals surface area contributed by atoms with Crippen LogP contribution in [0.1, 0.15) is 16.1 Å². The molecule has 0 unspecified atom stereocenters. The summed E-state index contributed by atoms with van der Waals surface area (Å²) < 4.78 is 3.74. The summed E-state index contributed by atoms with van der Waals surface area (Å²) in [6.45, 7) is 2.04. The molecule has 3 rings (SSSR count). The van der Waals surface area contributed by atoms with Crippen LogP contribution in [0.5, 0.6) is 0 Å². The lowest BCUT2D eigenvalue weighted by molar-refractivity contribution is 0.101. The number of nitrogens with zero attached hydrogens (tertiary/aromatic N) is 4. The Bertz CT molecular complexity index is 806. The minimum atomic E-state index is 0.0804. The minimum absolute atomic E-state index is 0.0804. The molecule has 0 aliphatic heterocycles. The zero-order chi connectivity index (χ0) is 15.5. The molecule has 5 nitrogen and oxygen atoms in total. The average molecular weight is 312 g/mol. The molecular formula is C16H16N4OS. The summed E-state index contributed by atoms with van der Waals surface area (Å²) >= 11 is 1.40. The van der Waals surface area contributed by atoms with E-state index in [0.29, 0.717) is 11.4 Å². The minimum Gasteiger partial charge on any atom is -0.348 e. The van der Waals surface area contributed by atoms with E-state index in [2.05, 4.69) is 10.2 Å². The summed E-state index contributed by atoms with van der Waals surface area (Å²) in [4.78, 5) is 12.2. The maximum Gasteiger partial charge on any atom is 0.196 e. The zero-order valence-corrected chi connectivity index (χ0v) is 13.2. The molecule has 0 atom stereocenters. The molecule has 1 aromatic carbocycles. The largest absolute Gasteiger partial charge is 0.348 e. The Hall–Kier alpha value is -2.34. The number of Topliss-reactive ketones (excluding diaryl/α,β-unsaturated/α-hetero) is 1. The van der Waals surface area contributed by atoms with Gasteiger partial charge in [0, 0.05) is 13.2 Å². The van der Waals surface area contributed by atoms with Crippen molar-refractivity contribution < 1.29 is 4.79 Å². The zero-order valence-electron chi connectivity index (χ0n) is 12.4. The SMILES string of the molecule is Cc1ccccc1-n1cnnc1SCC(=O)c1cccn1C. The molecule has 0 saturated carbocycles. The lowest BCUT2D eigenvalue weighted by Crippen LogP contribution is -2.08. The first kappa shape index (κ1) is 14.6. The Morgan fingerprint density at radius 3 is 2.77 bits per heavy atom. The van der Waals surface area contributed by atoms with Gasteiger partial charge in [-0.15, -0.1) is 10.2 Å². The number of benzene rings is 1. The molecule has 0 saturated heterocycles. The van der Waals surface area contributed by atoms with Gasteiger partial charge in [0.15, 0.2) is 10.9 Å². The summed E-state index contributed by atoms with van der Waals surface area (Å²) in [6.07, 6.45) is 3.55. The van der Waals surface area contributed by atoms with Gasteiger partial charge in [-0.2, -0.15) is 0 Å². The van der Waals surface area contributed by atoms with E-state index in [9.17, 15) is 4.79 Å². The number of para-hydroxylation sites is 1. The molecule has 3 aromatic rings. The molecule has 0 aliphatic carbocycles. The highest BCUT2D eigenvalue weighted by molar-refractivity contribution is 7.99. The maximum atomic E-state index is 12.2. The summed E-state index contributed by atoms with van der Waals surface area (Å²) in [5.74, 6) is 0.416. The fourth-order valence-corrected chi connectivity index (χ4v) is 3.07. The number of hydrogen-bond donors (Lipinski definition) is 0. The summed E-state index contributed by atoms with van der Waals surface area (Å²) in [7, 11) is 1.87. The number of carbonyl (C=O) groups is 1. The molecule has 0 spiro atoms. The van der Waals surface area contributed by atoms with Crippen LogP contribution in [0.2, 0.25) is 0 Å². The van der Waals surface area contributed by atoms with E-state index in [1.807, 2.05) is 65.7 Å². The standard InChI is InChI=1S/C16H16N4OS/c1-12-6-3-4-7-13(12)20-11-17-18-16(20)22-10-15(21)14-8-5-9-19(14)2/h3-9,11H,10H2,1-2H3. The van der Waals surface area contributed by atoms with E-state index in [4.69, 9.17) is 0 Å². The van der Waals surface area contributed by atoms with Crippen molar-refractivity contribution >= 4 is 17.5 Å². The van der Waals surface area contributed by atoms with Crippen molar-refractivity contribution in [1.29, 1.82) is 0 Å². The van der Waals surface area contributed by atoms with E-state index < -0.39 is 0 Å². The van der Waals surface area contributed by atoms with Crippen molar-refractivity contribution in [3.05, 3.63) is 60.2 Å². The van der Waals surface area contributed by atoms with Gasteiger partial charge in [0.1, 0.15) is 6.33 Å². The number of thioether (sulfide) groups is 1. The molecule has 6 heteroatoms. The Morgan fingerprint density at radius 2 is 2.05 bits per heavy atom. The van der Waals surface area contributed by atoms with Crippen LogP contribution >= 0.6 is 11.8 Å². The molecule has 0 bridgehead atoms. The highest BCUT2D eigenvalue weighted by atomic mass is 32.2. The quantitative estimate of drug-likeness (QED) is 0.537. The first-order valence-electron chi connectivity index (χ1n) is 6.90. The lowest BCUT2D eigenvalue weighted by atomic mass is 10.2. The second-order valence-electron chi connectivity index (χ2n) is 4.99. The van der Waals surface area contributed by atoms with Crippen molar-refractivity contribution in [3.63, 3.8) is 0 Å². The third kappa shape index (κ3) is 2.82. The van der Waals surface area contributed by atoms with Crippen molar-refractivity contribution in [2.75, 3.05) is 5.75 Å². The second-order valence-corrected chi connectivity index (χ2v) is 5.93. The molecule has 0 amide bonds. The van der Waals surface area contributed by atoms with E-state index in [0.717, 1.165) is 16.4 Å². The van der Waals surface area contributed by atoms with Crippen LogP contribution in [0.15, 0.2) is 54.1 Å². The van der Waals surface area contributed by atoms with Gasteiger partial charge in [0.2, 0.25) is 0 Å². The topological polar surface area (TPSA) is 52.7 Å². The molecule has 22 heavy (non-hydrogen) atoms. The van der Waals surface area contributed by atoms with Gasteiger partial charge in [0.05, 0.1) is 17.1 Å². The van der Waals surface area contributed by atoms with E-state index in [1.54, 1.807) is 6.33 Å². The van der Waals surface area contributed by atoms with Gasteiger partial charge in [-0.1, -0.05) is 30.0 Å². The normalized spacial score (nSPS) is 10.8. The first-order chi connectivity index (χ1) is 10.7. The van der Waals surface area contributed by atoms with E-state index in [-0.39, 0.29) is 5.78 Å². The van der Waals surface area contributed by atoms with E-state index >= 15 is 0 Å². The van der Waals surface area contributed by atoms with Crippen molar-refractivity contribution in [3.8, 4) is 5.69 Å². The molecule has 0 N–H and O–H groups in total. The van der Waals surface area contributed by atoms with Crippen molar-refractivity contribution in [2.24, 2.45) is 7.05 Å². The second kappa shape index (κ2) is 6.19. The van der Waals surface area contributed by atoms with Gasteiger partial charge >= 0.3 is 0 Å². The van der Waals surface area contributed by atoms with Gasteiger partial charge < -0.3 is 4.57 Å². The first-order valence-corrected chi connectivity index (χ1v) is 7.89. The third-order valence-corrected chi connectivity index (χ3v) is 4.40. The van der Waals surface area contributed by atoms with Crippen LogP contribution in [0.4, 0.5) is 0 Å². The molecule has 2 heterocycles. The smallest absolute Gasteiger partial charge is 0.196 e. The number of carbonyl (C=O) groups excluding carboxylic acids is 1. The Morgan fingerprint density at radius 1 is 1.23 bits per heavy atom. The molecule has 0 aliphatic rings. The number of aryl methyl sites for hydroxylation is 2. The lowest BCUT2D eigenvalue weighted by Gasteiger charge is -2.08. The number of hydrogen-bond acceptors (Lipinski definition) is 4. The average Bonchev–Trinajstić information content (AvgIpc) is 3.14. The summed E-state index contributed by atoms with van der Waals surface area (Å²) in [6, 6.07) is 11.7. The maximum absolute atomic E-state index is 12.2. The third-order valence-electron chi connectivity index (χ3n) is 3.45. The van der Waals surface area contributed by atoms with Crippen LogP contribution in [0.25, 0.3) is 5.69 Å². The van der Waals surface area contributed by atoms with Crippen LogP contribution in [0.3, 0.4) is 0 Å². The van der Waals surface area contributed by atoms with Gasteiger partial charge in [0.25, 0.3) is 0 Å². The van der Waals surface area contributed by atoms with Crippen LogP contribution < -0.4 is 0 Å². The van der Waals surface area contributed by atoms with Gasteiger partial charge in [-0.05, 0) is 30.7 Å². The fourth-order valence-electron chi connectivity index (χ4n) is 2.28. The highest BCUT2D eigenvalue weighted by Crippen LogP contribution is 2.22. The van der Waals surface area contributed by atoms with Crippen LogP contribution in [0, 0.1) is 6.92 Å². The predicted molar refractivity (Wildman–Crippen MR) is 86.6 cm³/mol. The molecular weight excluding hydrogens is 296 g/mol. The fraction of sp³-hybridized carbons (Fsp3) is 0.188. The predicted octanol–water partition coefficient (Wildman–Crippen LogP) is 2.89.